The fourth-order valence-electron chi connectivity index (χ4n) is 1.77. The number of thioether (sulfide) groups is 1. The molecule has 0 aromatic rings. The van der Waals surface area contributed by atoms with E-state index in [-0.39, 0.29) is 0 Å². The molecule has 2 nitrogen and oxygen atoms in total. The Bertz CT molecular complexity index is 124. The Morgan fingerprint density at radius 1 is 1.09 bits per heavy atom. The van der Waals surface area contributed by atoms with Gasteiger partial charge in [0.05, 0.1) is 0 Å². The summed E-state index contributed by atoms with van der Waals surface area (Å²) in [6.45, 7) is 3.61. The molecule has 64 valence electrons. The van der Waals surface area contributed by atoms with Crippen LogP contribution in [0.4, 0.5) is 0 Å². The third kappa shape index (κ3) is 1.71. The first-order valence-corrected chi connectivity index (χ1v) is 5.60. The zero-order valence-electron chi connectivity index (χ0n) is 6.86. The van der Waals surface area contributed by atoms with Crippen LogP contribution < -0.4 is 10.6 Å². The van der Waals surface area contributed by atoms with Crippen molar-refractivity contribution >= 4 is 11.8 Å². The van der Waals surface area contributed by atoms with Gasteiger partial charge in [0.15, 0.2) is 0 Å². The summed E-state index contributed by atoms with van der Waals surface area (Å²) in [5.74, 6) is 2.63. The van der Waals surface area contributed by atoms with Gasteiger partial charge < -0.3 is 10.6 Å². The fourth-order valence-corrected chi connectivity index (χ4v) is 2.80. The summed E-state index contributed by atoms with van der Waals surface area (Å²) in [6, 6.07) is 0. The molecule has 2 N–H and O–H groups in total. The molecule has 0 aromatic heterocycles. The lowest BCUT2D eigenvalue weighted by atomic mass is 9.85. The molecule has 2 aliphatic rings. The highest BCUT2D eigenvalue weighted by Gasteiger charge is 2.35. The van der Waals surface area contributed by atoms with Crippen LogP contribution in [0.1, 0.15) is 12.8 Å². The van der Waals surface area contributed by atoms with Crippen molar-refractivity contribution < 1.29 is 0 Å². The van der Waals surface area contributed by atoms with E-state index in [4.69, 9.17) is 0 Å². The molecule has 0 aromatic carbocycles. The van der Waals surface area contributed by atoms with Gasteiger partial charge in [0.25, 0.3) is 0 Å². The van der Waals surface area contributed by atoms with Gasteiger partial charge in [-0.25, -0.2) is 0 Å². The molecule has 0 radical (unpaired) electrons. The van der Waals surface area contributed by atoms with E-state index in [1.165, 1.54) is 44.0 Å². The monoisotopic (exact) mass is 172 g/mol. The van der Waals surface area contributed by atoms with Crippen molar-refractivity contribution in [2.75, 3.05) is 31.1 Å². The molecule has 2 rings (SSSR count). The number of nitrogens with one attached hydrogen (secondary N) is 2. The van der Waals surface area contributed by atoms with Gasteiger partial charge in [0, 0.05) is 24.4 Å². The zero-order chi connectivity index (χ0) is 7.57. The molecule has 2 saturated heterocycles. The molecule has 2 aliphatic heterocycles. The molecule has 11 heavy (non-hydrogen) atoms. The van der Waals surface area contributed by atoms with Gasteiger partial charge in [0.1, 0.15) is 0 Å². The largest absolute Gasteiger partial charge is 0.314 e. The van der Waals surface area contributed by atoms with Crippen LogP contribution in [-0.2, 0) is 0 Å². The highest BCUT2D eigenvalue weighted by atomic mass is 32.2. The molecule has 0 amide bonds. The number of hydrogen-bond donors (Lipinski definition) is 2. The average Bonchev–Trinajstić information content (AvgIpc) is 1.82. The molecular formula is C8H16N2S. The van der Waals surface area contributed by atoms with Crippen molar-refractivity contribution in [3.63, 3.8) is 0 Å². The predicted molar refractivity (Wildman–Crippen MR) is 50.2 cm³/mol. The molecule has 1 spiro atoms. The predicted octanol–water partition coefficient (Wildman–Crippen LogP) is 0.445. The highest BCUT2D eigenvalue weighted by Crippen LogP contribution is 2.25. The molecule has 1 unspecified atom stereocenters. The molecule has 1 atom stereocenters. The van der Waals surface area contributed by atoms with E-state index < -0.39 is 0 Å². The SMILES string of the molecule is C1CSCCC2(CCN2)CN1. The van der Waals surface area contributed by atoms with Gasteiger partial charge in [-0.05, 0) is 25.1 Å². The quantitative estimate of drug-likeness (QED) is 0.554. The summed E-state index contributed by atoms with van der Waals surface area (Å²) in [7, 11) is 0. The molecule has 2 heterocycles. The lowest BCUT2D eigenvalue weighted by Crippen LogP contribution is -2.63. The molecule has 2 fully saturated rings. The van der Waals surface area contributed by atoms with E-state index in [1.54, 1.807) is 0 Å². The molecule has 0 bridgehead atoms. The second kappa shape index (κ2) is 3.33. The Balaban J connectivity index is 1.86. The van der Waals surface area contributed by atoms with Crippen molar-refractivity contribution in [3.8, 4) is 0 Å². The summed E-state index contributed by atoms with van der Waals surface area (Å²) in [4.78, 5) is 0. The van der Waals surface area contributed by atoms with Gasteiger partial charge in [-0.3, -0.25) is 0 Å². The molecule has 3 heteroatoms. The molecular weight excluding hydrogens is 156 g/mol. The van der Waals surface area contributed by atoms with Crippen LogP contribution >= 0.6 is 11.8 Å². The van der Waals surface area contributed by atoms with Gasteiger partial charge >= 0.3 is 0 Å². The summed E-state index contributed by atoms with van der Waals surface area (Å²) >= 11 is 2.08. The Hall–Kier alpha value is 0.270. The van der Waals surface area contributed by atoms with Gasteiger partial charge in [-0.1, -0.05) is 0 Å². The maximum absolute atomic E-state index is 3.55. The minimum atomic E-state index is 0.493. The van der Waals surface area contributed by atoms with Gasteiger partial charge in [-0.2, -0.15) is 11.8 Å². The standard InChI is InChI=1S/C8H16N2S/c1-3-10-8(1)2-5-11-6-4-9-7-8/h9-10H,1-7H2. The maximum Gasteiger partial charge on any atom is 0.0326 e. The van der Waals surface area contributed by atoms with Crippen molar-refractivity contribution in [3.05, 3.63) is 0 Å². The van der Waals surface area contributed by atoms with Crippen LogP contribution in [0.5, 0.6) is 0 Å². The number of rotatable bonds is 0. The first-order valence-electron chi connectivity index (χ1n) is 4.45. The van der Waals surface area contributed by atoms with E-state index in [2.05, 4.69) is 22.4 Å². The Labute approximate surface area is 72.5 Å². The van der Waals surface area contributed by atoms with E-state index >= 15 is 0 Å². The van der Waals surface area contributed by atoms with Gasteiger partial charge in [-0.15, -0.1) is 0 Å². The van der Waals surface area contributed by atoms with Crippen LogP contribution in [0.2, 0.25) is 0 Å². The Kier molecular flexibility index (Phi) is 2.39. The smallest absolute Gasteiger partial charge is 0.0326 e. The van der Waals surface area contributed by atoms with Gasteiger partial charge in [0.2, 0.25) is 0 Å². The second-order valence-corrected chi connectivity index (χ2v) is 4.72. The topological polar surface area (TPSA) is 24.1 Å². The minimum Gasteiger partial charge on any atom is -0.314 e. The fraction of sp³-hybridized carbons (Fsp3) is 1.00. The summed E-state index contributed by atoms with van der Waals surface area (Å²) in [6.07, 6.45) is 2.73. The lowest BCUT2D eigenvalue weighted by molar-refractivity contribution is 0.194. The first kappa shape index (κ1) is 7.90. The minimum absolute atomic E-state index is 0.493. The van der Waals surface area contributed by atoms with E-state index in [1.807, 2.05) is 0 Å². The molecule has 0 aliphatic carbocycles. The maximum atomic E-state index is 3.55. The van der Waals surface area contributed by atoms with E-state index in [9.17, 15) is 0 Å². The normalized spacial score (nSPS) is 39.3. The zero-order valence-corrected chi connectivity index (χ0v) is 7.67. The Morgan fingerprint density at radius 2 is 2.00 bits per heavy atom. The van der Waals surface area contributed by atoms with Crippen LogP contribution in [-0.4, -0.2) is 36.7 Å². The van der Waals surface area contributed by atoms with Crippen molar-refractivity contribution in [2.24, 2.45) is 0 Å². The van der Waals surface area contributed by atoms with Crippen LogP contribution in [0, 0.1) is 0 Å². The van der Waals surface area contributed by atoms with Crippen molar-refractivity contribution in [2.45, 2.75) is 18.4 Å². The van der Waals surface area contributed by atoms with Crippen LogP contribution in [0.25, 0.3) is 0 Å². The summed E-state index contributed by atoms with van der Waals surface area (Å²) in [5, 5.41) is 7.05. The van der Waals surface area contributed by atoms with Crippen LogP contribution in [0.15, 0.2) is 0 Å². The Morgan fingerprint density at radius 3 is 2.73 bits per heavy atom. The summed E-state index contributed by atoms with van der Waals surface area (Å²) in [5.41, 5.74) is 0.493. The average molecular weight is 172 g/mol. The van der Waals surface area contributed by atoms with Crippen molar-refractivity contribution in [1.82, 2.24) is 10.6 Å². The van der Waals surface area contributed by atoms with E-state index in [0.29, 0.717) is 5.54 Å². The van der Waals surface area contributed by atoms with E-state index in [0.717, 1.165) is 0 Å². The molecule has 0 saturated carbocycles. The summed E-state index contributed by atoms with van der Waals surface area (Å²) < 4.78 is 0. The third-order valence-corrected chi connectivity index (χ3v) is 3.70. The highest BCUT2D eigenvalue weighted by molar-refractivity contribution is 7.99. The second-order valence-electron chi connectivity index (χ2n) is 3.50. The lowest BCUT2D eigenvalue weighted by Gasteiger charge is -2.44. The number of hydrogen-bond acceptors (Lipinski definition) is 3. The third-order valence-electron chi connectivity index (χ3n) is 2.72. The first-order chi connectivity index (χ1) is 5.41. The van der Waals surface area contributed by atoms with Crippen molar-refractivity contribution in [1.29, 1.82) is 0 Å². The van der Waals surface area contributed by atoms with Crippen LogP contribution in [0.3, 0.4) is 0 Å².